The molecular formula is C35H28ClNO. The minimum Gasteiger partial charge on any atom is -0.366 e. The van der Waals surface area contributed by atoms with Crippen molar-refractivity contribution in [2.75, 3.05) is 0 Å². The number of carbonyl (C=O) groups is 1. The van der Waals surface area contributed by atoms with Crippen molar-refractivity contribution in [2.45, 2.75) is 25.7 Å². The maximum Gasteiger partial charge on any atom is 0.249 e. The van der Waals surface area contributed by atoms with Gasteiger partial charge in [-0.1, -0.05) is 91.0 Å². The third-order valence-electron chi connectivity index (χ3n) is 8.05. The summed E-state index contributed by atoms with van der Waals surface area (Å²) in [5.41, 5.74) is 13.5. The predicted molar refractivity (Wildman–Crippen MR) is 162 cm³/mol. The smallest absolute Gasteiger partial charge is 0.249 e. The van der Waals surface area contributed by atoms with Crippen LogP contribution in [0.1, 0.15) is 34.3 Å². The summed E-state index contributed by atoms with van der Waals surface area (Å²) in [7, 11) is 0. The summed E-state index contributed by atoms with van der Waals surface area (Å²) < 4.78 is 0. The van der Waals surface area contributed by atoms with E-state index in [0.29, 0.717) is 5.56 Å². The molecule has 2 nitrogen and oxygen atoms in total. The molecule has 0 fully saturated rings. The Hall–Kier alpha value is -4.14. The fourth-order valence-corrected chi connectivity index (χ4v) is 6.30. The third-order valence-corrected chi connectivity index (χ3v) is 8.05. The Balaban J connectivity index is 0.00000264. The van der Waals surface area contributed by atoms with Crippen LogP contribution in [0.3, 0.4) is 0 Å². The van der Waals surface area contributed by atoms with Gasteiger partial charge < -0.3 is 5.73 Å². The second-order valence-electron chi connectivity index (χ2n) is 10.1. The van der Waals surface area contributed by atoms with Crippen LogP contribution in [-0.4, -0.2) is 5.91 Å². The van der Waals surface area contributed by atoms with Gasteiger partial charge in [0, 0.05) is 5.56 Å². The van der Waals surface area contributed by atoms with Crippen LogP contribution >= 0.6 is 12.4 Å². The van der Waals surface area contributed by atoms with E-state index in [1.165, 1.54) is 63.7 Å². The molecule has 1 aliphatic rings. The monoisotopic (exact) mass is 513 g/mol. The molecule has 7 rings (SSSR count). The van der Waals surface area contributed by atoms with Crippen molar-refractivity contribution in [3.8, 4) is 22.3 Å². The molecule has 0 heterocycles. The Morgan fingerprint density at radius 1 is 0.605 bits per heavy atom. The van der Waals surface area contributed by atoms with E-state index in [0.717, 1.165) is 27.6 Å². The van der Waals surface area contributed by atoms with Crippen LogP contribution in [0.4, 0.5) is 0 Å². The maximum atomic E-state index is 12.3. The molecule has 2 N–H and O–H groups in total. The first-order valence-corrected chi connectivity index (χ1v) is 13.1. The third kappa shape index (κ3) is 3.84. The number of primary amides is 1. The number of carbonyl (C=O) groups excluding carboxylic acids is 1. The lowest BCUT2D eigenvalue weighted by atomic mass is 9.85. The molecule has 0 atom stereocenters. The van der Waals surface area contributed by atoms with Crippen molar-refractivity contribution in [3.63, 3.8) is 0 Å². The average Bonchev–Trinajstić information content (AvgIpc) is 2.95. The lowest BCUT2D eigenvalue weighted by molar-refractivity contribution is 0.100. The molecule has 0 aromatic heterocycles. The molecule has 0 aliphatic heterocycles. The van der Waals surface area contributed by atoms with Gasteiger partial charge in [-0.2, -0.15) is 0 Å². The molecular weight excluding hydrogens is 486 g/mol. The number of fused-ring (bicyclic) bond motifs is 6. The first-order valence-electron chi connectivity index (χ1n) is 13.1. The SMILES string of the molecule is Cl.NC(=O)c1ccccc1-c1ccc2ccccc2c1-c1ccc2c(ccc3c4c(ccc32)CCCC4)c1. The zero-order valence-corrected chi connectivity index (χ0v) is 21.9. The molecule has 0 spiro atoms. The minimum atomic E-state index is -0.414. The highest BCUT2D eigenvalue weighted by Gasteiger charge is 2.18. The number of hydrogen-bond acceptors (Lipinski definition) is 1. The molecule has 6 aromatic rings. The average molecular weight is 514 g/mol. The van der Waals surface area contributed by atoms with E-state index in [2.05, 4.69) is 78.9 Å². The number of halogens is 1. The molecule has 6 aromatic carbocycles. The van der Waals surface area contributed by atoms with Crippen LogP contribution in [0.5, 0.6) is 0 Å². The van der Waals surface area contributed by atoms with Gasteiger partial charge in [0.05, 0.1) is 0 Å². The molecule has 0 saturated carbocycles. The molecule has 0 saturated heterocycles. The second-order valence-corrected chi connectivity index (χ2v) is 10.1. The van der Waals surface area contributed by atoms with Gasteiger partial charge in [-0.15, -0.1) is 12.4 Å². The number of aryl methyl sites for hydroxylation is 2. The Bertz CT molecular complexity index is 1870. The van der Waals surface area contributed by atoms with Crippen LogP contribution in [-0.2, 0) is 12.8 Å². The summed E-state index contributed by atoms with van der Waals surface area (Å²) in [6, 6.07) is 36.4. The lowest BCUT2D eigenvalue weighted by Gasteiger charge is -2.19. The molecule has 3 heteroatoms. The standard InChI is InChI=1S/C35H27NO.ClH/c36-35(37)33-12-6-5-11-29(33)32-20-14-23-8-2-4-10-28(23)34(32)25-16-17-27-24(21-25)15-19-30-26-9-3-1-7-22(26)13-18-31(27)30;/h2,4-6,8,10-21H,1,3,7,9H2,(H2,36,37);1H. The molecule has 0 bridgehead atoms. The van der Waals surface area contributed by atoms with Crippen molar-refractivity contribution in [1.82, 2.24) is 0 Å². The number of rotatable bonds is 3. The first kappa shape index (κ1) is 24.2. The van der Waals surface area contributed by atoms with Crippen molar-refractivity contribution < 1.29 is 4.79 Å². The Labute approximate surface area is 228 Å². The minimum absolute atomic E-state index is 0. The molecule has 1 amide bonds. The number of nitrogens with two attached hydrogens (primary N) is 1. The van der Waals surface area contributed by atoms with E-state index in [4.69, 9.17) is 5.73 Å². The van der Waals surface area contributed by atoms with Gasteiger partial charge in [-0.3, -0.25) is 4.79 Å². The van der Waals surface area contributed by atoms with E-state index in [1.807, 2.05) is 24.3 Å². The van der Waals surface area contributed by atoms with Crippen LogP contribution < -0.4 is 5.73 Å². The largest absolute Gasteiger partial charge is 0.366 e. The molecule has 1 aliphatic carbocycles. The first-order chi connectivity index (χ1) is 18.2. The Morgan fingerprint density at radius 2 is 1.34 bits per heavy atom. The van der Waals surface area contributed by atoms with E-state index >= 15 is 0 Å². The summed E-state index contributed by atoms with van der Waals surface area (Å²) in [5.74, 6) is -0.414. The Kier molecular flexibility index (Phi) is 6.13. The molecule has 0 unspecified atom stereocenters. The van der Waals surface area contributed by atoms with E-state index in [9.17, 15) is 4.79 Å². The summed E-state index contributed by atoms with van der Waals surface area (Å²) in [6.07, 6.45) is 4.94. The molecule has 186 valence electrons. The number of hydrogen-bond donors (Lipinski definition) is 1. The topological polar surface area (TPSA) is 43.1 Å². The molecule has 0 radical (unpaired) electrons. The van der Waals surface area contributed by atoms with Crippen LogP contribution in [0.2, 0.25) is 0 Å². The maximum absolute atomic E-state index is 12.3. The van der Waals surface area contributed by atoms with Gasteiger partial charge in [0.15, 0.2) is 0 Å². The van der Waals surface area contributed by atoms with Gasteiger partial charge in [0.2, 0.25) is 5.91 Å². The zero-order valence-electron chi connectivity index (χ0n) is 21.0. The van der Waals surface area contributed by atoms with Crippen LogP contribution in [0, 0.1) is 0 Å². The number of amides is 1. The van der Waals surface area contributed by atoms with Crippen LogP contribution in [0.15, 0.2) is 103 Å². The van der Waals surface area contributed by atoms with E-state index in [-0.39, 0.29) is 12.4 Å². The van der Waals surface area contributed by atoms with Gasteiger partial charge in [0.1, 0.15) is 0 Å². The predicted octanol–water partition coefficient (Wildman–Crippen LogP) is 8.88. The Morgan fingerprint density at radius 3 is 2.24 bits per heavy atom. The van der Waals surface area contributed by atoms with Gasteiger partial charge >= 0.3 is 0 Å². The van der Waals surface area contributed by atoms with E-state index in [1.54, 1.807) is 0 Å². The van der Waals surface area contributed by atoms with Gasteiger partial charge in [-0.25, -0.2) is 0 Å². The van der Waals surface area contributed by atoms with Crippen molar-refractivity contribution >= 4 is 50.6 Å². The van der Waals surface area contributed by atoms with Crippen molar-refractivity contribution in [2.24, 2.45) is 5.73 Å². The fraction of sp³-hybridized carbons (Fsp3) is 0.114. The lowest BCUT2D eigenvalue weighted by Crippen LogP contribution is -2.12. The van der Waals surface area contributed by atoms with Crippen molar-refractivity contribution in [1.29, 1.82) is 0 Å². The second kappa shape index (κ2) is 9.63. The quantitative estimate of drug-likeness (QED) is 0.236. The van der Waals surface area contributed by atoms with Gasteiger partial charge in [-0.05, 0) is 104 Å². The highest BCUT2D eigenvalue weighted by atomic mass is 35.5. The van der Waals surface area contributed by atoms with Gasteiger partial charge in [0.25, 0.3) is 0 Å². The number of benzene rings is 6. The summed E-state index contributed by atoms with van der Waals surface area (Å²) in [4.78, 5) is 12.3. The van der Waals surface area contributed by atoms with Crippen LogP contribution in [0.25, 0.3) is 54.6 Å². The highest BCUT2D eigenvalue weighted by molar-refractivity contribution is 6.12. The normalized spacial score (nSPS) is 12.8. The summed E-state index contributed by atoms with van der Waals surface area (Å²) >= 11 is 0. The van der Waals surface area contributed by atoms with E-state index < -0.39 is 5.91 Å². The molecule has 38 heavy (non-hydrogen) atoms. The zero-order chi connectivity index (χ0) is 24.9. The van der Waals surface area contributed by atoms with Crippen molar-refractivity contribution in [3.05, 3.63) is 120 Å². The summed E-state index contributed by atoms with van der Waals surface area (Å²) in [6.45, 7) is 0. The highest BCUT2D eigenvalue weighted by Crippen LogP contribution is 2.41. The fourth-order valence-electron chi connectivity index (χ4n) is 6.30. The summed E-state index contributed by atoms with van der Waals surface area (Å²) in [5, 5.41) is 7.58.